The maximum atomic E-state index is 11.8. The van der Waals surface area contributed by atoms with Gasteiger partial charge in [-0.05, 0) is 24.3 Å². The van der Waals surface area contributed by atoms with E-state index in [4.69, 9.17) is 5.11 Å². The molecule has 22 heavy (non-hydrogen) atoms. The van der Waals surface area contributed by atoms with Crippen molar-refractivity contribution in [2.45, 2.75) is 0 Å². The van der Waals surface area contributed by atoms with Crippen molar-refractivity contribution in [1.29, 1.82) is 0 Å². The summed E-state index contributed by atoms with van der Waals surface area (Å²) in [5.74, 6) is -1.42. The van der Waals surface area contributed by atoms with Crippen LogP contribution in [0.5, 0.6) is 11.5 Å². The fourth-order valence-electron chi connectivity index (χ4n) is 1.65. The number of hydrogen-bond acceptors (Lipinski definition) is 6. The Bertz CT molecular complexity index is 758. The highest BCUT2D eigenvalue weighted by Gasteiger charge is 2.11. The van der Waals surface area contributed by atoms with Crippen LogP contribution in [0.3, 0.4) is 0 Å². The number of nitrogens with zero attached hydrogens (tertiary/aromatic N) is 2. The highest BCUT2D eigenvalue weighted by atomic mass is 16.6. The van der Waals surface area contributed by atoms with Gasteiger partial charge in [-0.25, -0.2) is 5.43 Å². The largest absolute Gasteiger partial charge is 0.504 e. The number of para-hydroxylation sites is 1. The summed E-state index contributed by atoms with van der Waals surface area (Å²) in [5.41, 5.74) is 2.36. The molecule has 3 N–H and O–H groups in total. The van der Waals surface area contributed by atoms with Crippen LogP contribution in [0.1, 0.15) is 15.9 Å². The standard InChI is InChI=1S/C14H11N3O5/c18-12-6-5-9(7-13(12)19)14(20)16-15-8-10-3-1-2-4-11(10)17(21)22/h1-8,18-19H,(H,16,20)/b15-8-. The van der Waals surface area contributed by atoms with E-state index in [1.54, 1.807) is 6.07 Å². The van der Waals surface area contributed by atoms with Crippen molar-refractivity contribution in [3.8, 4) is 11.5 Å². The highest BCUT2D eigenvalue weighted by Crippen LogP contribution is 2.24. The monoisotopic (exact) mass is 301 g/mol. The van der Waals surface area contributed by atoms with E-state index in [-0.39, 0.29) is 22.6 Å². The number of rotatable bonds is 4. The molecule has 0 aromatic heterocycles. The van der Waals surface area contributed by atoms with Gasteiger partial charge in [-0.3, -0.25) is 14.9 Å². The molecule has 0 atom stereocenters. The number of carbonyl (C=O) groups excluding carboxylic acids is 1. The van der Waals surface area contributed by atoms with E-state index in [1.807, 2.05) is 0 Å². The topological polar surface area (TPSA) is 125 Å². The van der Waals surface area contributed by atoms with Crippen LogP contribution in [-0.2, 0) is 0 Å². The van der Waals surface area contributed by atoms with Gasteiger partial charge in [0.2, 0.25) is 0 Å². The number of amides is 1. The van der Waals surface area contributed by atoms with E-state index in [0.717, 1.165) is 18.3 Å². The Morgan fingerprint density at radius 1 is 1.18 bits per heavy atom. The lowest BCUT2D eigenvalue weighted by Gasteiger charge is -2.02. The van der Waals surface area contributed by atoms with E-state index in [9.17, 15) is 20.0 Å². The molecule has 0 fully saturated rings. The van der Waals surface area contributed by atoms with Crippen LogP contribution in [0, 0.1) is 10.1 Å². The predicted octanol–water partition coefficient (Wildman–Crippen LogP) is 1.77. The third-order valence-corrected chi connectivity index (χ3v) is 2.74. The number of carbonyl (C=O) groups is 1. The summed E-state index contributed by atoms with van der Waals surface area (Å²) in [7, 11) is 0. The molecule has 0 aliphatic heterocycles. The van der Waals surface area contributed by atoms with Crippen molar-refractivity contribution in [3.63, 3.8) is 0 Å². The molecular formula is C14H11N3O5. The van der Waals surface area contributed by atoms with Gasteiger partial charge in [-0.2, -0.15) is 5.10 Å². The number of phenolic OH excluding ortho intramolecular Hbond substituents is 2. The van der Waals surface area contributed by atoms with Crippen molar-refractivity contribution in [1.82, 2.24) is 5.43 Å². The van der Waals surface area contributed by atoms with Crippen LogP contribution >= 0.6 is 0 Å². The van der Waals surface area contributed by atoms with Gasteiger partial charge < -0.3 is 10.2 Å². The normalized spacial score (nSPS) is 10.5. The van der Waals surface area contributed by atoms with Crippen molar-refractivity contribution >= 4 is 17.8 Å². The molecule has 0 aliphatic carbocycles. The third kappa shape index (κ3) is 3.37. The summed E-state index contributed by atoms with van der Waals surface area (Å²) >= 11 is 0. The molecule has 112 valence electrons. The molecule has 2 aromatic rings. The minimum absolute atomic E-state index is 0.0787. The van der Waals surface area contributed by atoms with Crippen molar-refractivity contribution in [2.24, 2.45) is 5.10 Å². The first kappa shape index (κ1) is 15.0. The van der Waals surface area contributed by atoms with Crippen LogP contribution in [0.15, 0.2) is 47.6 Å². The summed E-state index contributed by atoms with van der Waals surface area (Å²) in [5, 5.41) is 32.9. The number of benzene rings is 2. The summed E-state index contributed by atoms with van der Waals surface area (Å²) in [6.07, 6.45) is 1.15. The zero-order valence-corrected chi connectivity index (χ0v) is 11.1. The molecule has 1 amide bonds. The number of nitro groups is 1. The second kappa shape index (κ2) is 6.35. The van der Waals surface area contributed by atoms with Gasteiger partial charge in [-0.1, -0.05) is 12.1 Å². The first-order valence-electron chi connectivity index (χ1n) is 6.08. The van der Waals surface area contributed by atoms with Crippen LogP contribution in [0.2, 0.25) is 0 Å². The number of nitrogens with one attached hydrogen (secondary N) is 1. The molecule has 0 bridgehead atoms. The van der Waals surface area contributed by atoms with Gasteiger partial charge in [0.25, 0.3) is 11.6 Å². The smallest absolute Gasteiger partial charge is 0.278 e. The lowest BCUT2D eigenvalue weighted by molar-refractivity contribution is -0.385. The van der Waals surface area contributed by atoms with E-state index in [2.05, 4.69) is 10.5 Å². The molecular weight excluding hydrogens is 290 g/mol. The number of hydrogen-bond donors (Lipinski definition) is 3. The third-order valence-electron chi connectivity index (χ3n) is 2.74. The molecule has 0 heterocycles. The van der Waals surface area contributed by atoms with Gasteiger partial charge in [0.15, 0.2) is 11.5 Å². The molecule has 0 saturated heterocycles. The fraction of sp³-hybridized carbons (Fsp3) is 0. The van der Waals surface area contributed by atoms with Crippen LogP contribution in [0.25, 0.3) is 0 Å². The average Bonchev–Trinajstić information content (AvgIpc) is 2.50. The molecule has 2 rings (SSSR count). The predicted molar refractivity (Wildman–Crippen MR) is 77.9 cm³/mol. The molecule has 0 spiro atoms. The summed E-state index contributed by atoms with van der Waals surface area (Å²) in [6, 6.07) is 9.47. The zero-order valence-electron chi connectivity index (χ0n) is 11.1. The quantitative estimate of drug-likeness (QED) is 0.343. The van der Waals surface area contributed by atoms with E-state index < -0.39 is 16.6 Å². The van der Waals surface area contributed by atoms with Crippen LogP contribution in [0.4, 0.5) is 5.69 Å². The van der Waals surface area contributed by atoms with E-state index in [0.29, 0.717) is 0 Å². The minimum Gasteiger partial charge on any atom is -0.504 e. The van der Waals surface area contributed by atoms with Gasteiger partial charge in [0.1, 0.15) is 0 Å². The molecule has 0 aliphatic rings. The minimum atomic E-state index is -0.634. The second-order valence-corrected chi connectivity index (χ2v) is 4.22. The Morgan fingerprint density at radius 2 is 1.91 bits per heavy atom. The average molecular weight is 301 g/mol. The number of aromatic hydroxyl groups is 2. The Kier molecular flexibility index (Phi) is 4.33. The van der Waals surface area contributed by atoms with Gasteiger partial charge in [0, 0.05) is 11.6 Å². The lowest BCUT2D eigenvalue weighted by Crippen LogP contribution is -2.17. The summed E-state index contributed by atoms with van der Waals surface area (Å²) < 4.78 is 0. The number of nitro benzene ring substituents is 1. The van der Waals surface area contributed by atoms with Gasteiger partial charge >= 0.3 is 0 Å². The molecule has 0 radical (unpaired) electrons. The Hall–Kier alpha value is -3.42. The van der Waals surface area contributed by atoms with E-state index >= 15 is 0 Å². The second-order valence-electron chi connectivity index (χ2n) is 4.22. The van der Waals surface area contributed by atoms with Crippen LogP contribution < -0.4 is 5.43 Å². The number of phenols is 2. The molecule has 2 aromatic carbocycles. The summed E-state index contributed by atoms with van der Waals surface area (Å²) in [6.45, 7) is 0. The van der Waals surface area contributed by atoms with E-state index in [1.165, 1.54) is 24.3 Å². The fourth-order valence-corrected chi connectivity index (χ4v) is 1.65. The Labute approximate surface area is 124 Å². The molecule has 8 heteroatoms. The van der Waals surface area contributed by atoms with Crippen LogP contribution in [-0.4, -0.2) is 27.3 Å². The maximum Gasteiger partial charge on any atom is 0.278 e. The first-order chi connectivity index (χ1) is 10.5. The molecule has 0 unspecified atom stereocenters. The van der Waals surface area contributed by atoms with Crippen molar-refractivity contribution in [2.75, 3.05) is 0 Å². The summed E-state index contributed by atoms with van der Waals surface area (Å²) in [4.78, 5) is 22.0. The SMILES string of the molecule is O=C(N/N=C\c1ccccc1[N+](=O)[O-])c1ccc(O)c(O)c1. The lowest BCUT2D eigenvalue weighted by atomic mass is 10.2. The maximum absolute atomic E-state index is 11.8. The Balaban J connectivity index is 2.11. The molecule has 8 nitrogen and oxygen atoms in total. The molecule has 0 saturated carbocycles. The van der Waals surface area contributed by atoms with Gasteiger partial charge in [-0.15, -0.1) is 0 Å². The van der Waals surface area contributed by atoms with Gasteiger partial charge in [0.05, 0.1) is 16.7 Å². The zero-order chi connectivity index (χ0) is 16.1. The van der Waals surface area contributed by atoms with Crippen molar-refractivity contribution in [3.05, 3.63) is 63.7 Å². The van der Waals surface area contributed by atoms with Crippen molar-refractivity contribution < 1.29 is 19.9 Å². The Morgan fingerprint density at radius 3 is 2.59 bits per heavy atom. The first-order valence-corrected chi connectivity index (χ1v) is 6.08. The number of hydrazone groups is 1. The highest BCUT2D eigenvalue weighted by molar-refractivity contribution is 5.95.